The summed E-state index contributed by atoms with van der Waals surface area (Å²) < 4.78 is 6.28. The second kappa shape index (κ2) is 5.50. The molecule has 1 N–H and O–H groups in total. The molecule has 1 rings (SSSR count). The van der Waals surface area contributed by atoms with Gasteiger partial charge in [0.25, 0.3) is 0 Å². The van der Waals surface area contributed by atoms with E-state index in [-0.39, 0.29) is 11.1 Å². The van der Waals surface area contributed by atoms with Crippen LogP contribution in [0.5, 0.6) is 0 Å². The third kappa shape index (κ3) is 4.42. The highest BCUT2D eigenvalue weighted by Crippen LogP contribution is 2.34. The fourth-order valence-electron chi connectivity index (χ4n) is 2.29. The van der Waals surface area contributed by atoms with Gasteiger partial charge in [0.15, 0.2) is 0 Å². The zero-order valence-corrected chi connectivity index (χ0v) is 11.7. The molecule has 0 saturated heterocycles. The molecule has 0 bridgehead atoms. The highest BCUT2D eigenvalue weighted by atomic mass is 16.5. The van der Waals surface area contributed by atoms with Crippen molar-refractivity contribution in [3.63, 3.8) is 0 Å². The fourth-order valence-corrected chi connectivity index (χ4v) is 2.29. The predicted molar refractivity (Wildman–Crippen MR) is 69.8 cm³/mol. The summed E-state index contributed by atoms with van der Waals surface area (Å²) in [5.41, 5.74) is 0.303. The zero-order chi connectivity index (χ0) is 12.2. The largest absolute Gasteiger partial charge is 0.371 e. The molecule has 1 aliphatic rings. The Labute approximate surface area is 101 Å². The van der Waals surface area contributed by atoms with E-state index in [1.165, 1.54) is 25.7 Å². The molecule has 0 spiro atoms. The Morgan fingerprint density at radius 3 is 2.25 bits per heavy atom. The monoisotopic (exact) mass is 227 g/mol. The Kier molecular flexibility index (Phi) is 4.81. The van der Waals surface area contributed by atoms with Crippen molar-refractivity contribution in [1.82, 2.24) is 5.32 Å². The Bertz CT molecular complexity index is 201. The summed E-state index contributed by atoms with van der Waals surface area (Å²) in [6, 6.07) is 0. The molecule has 1 saturated carbocycles. The van der Waals surface area contributed by atoms with Gasteiger partial charge in [-0.05, 0) is 47.0 Å². The van der Waals surface area contributed by atoms with Crippen LogP contribution >= 0.6 is 0 Å². The van der Waals surface area contributed by atoms with E-state index in [9.17, 15) is 0 Å². The molecule has 0 aliphatic heterocycles. The van der Waals surface area contributed by atoms with Crippen LogP contribution in [0.25, 0.3) is 0 Å². The molecule has 1 unspecified atom stereocenters. The third-order valence-corrected chi connectivity index (χ3v) is 3.48. The van der Waals surface area contributed by atoms with Gasteiger partial charge < -0.3 is 10.1 Å². The summed E-state index contributed by atoms with van der Waals surface area (Å²) in [4.78, 5) is 0. The molecule has 1 fully saturated rings. The molecule has 0 aromatic heterocycles. The molecule has 0 amide bonds. The molecule has 0 heterocycles. The summed E-state index contributed by atoms with van der Waals surface area (Å²) in [6.45, 7) is 12.1. The van der Waals surface area contributed by atoms with Crippen LogP contribution in [0.3, 0.4) is 0 Å². The number of hydrogen-bond donors (Lipinski definition) is 1. The first-order valence-electron chi connectivity index (χ1n) is 6.80. The van der Waals surface area contributed by atoms with Crippen LogP contribution in [0.1, 0.15) is 66.7 Å². The maximum Gasteiger partial charge on any atom is 0.0810 e. The van der Waals surface area contributed by atoms with E-state index < -0.39 is 0 Å². The van der Waals surface area contributed by atoms with Crippen LogP contribution in [0.2, 0.25) is 0 Å². The van der Waals surface area contributed by atoms with Crippen LogP contribution < -0.4 is 5.32 Å². The summed E-state index contributed by atoms with van der Waals surface area (Å²) in [5, 5.41) is 3.61. The van der Waals surface area contributed by atoms with E-state index in [1.54, 1.807) is 0 Å². The molecule has 96 valence electrons. The molecular formula is C14H29NO. The standard InChI is InChI=1S/C14H29NO/c1-6-12(2)16-14(9-7-8-10-14)11-15-13(3,4)5/h12,15H,6-11H2,1-5H3. The zero-order valence-electron chi connectivity index (χ0n) is 11.7. The molecule has 1 atom stereocenters. The van der Waals surface area contributed by atoms with Gasteiger partial charge in [-0.3, -0.25) is 0 Å². The lowest BCUT2D eigenvalue weighted by Gasteiger charge is -2.35. The average molecular weight is 227 g/mol. The van der Waals surface area contributed by atoms with Crippen molar-refractivity contribution in [3.8, 4) is 0 Å². The lowest BCUT2D eigenvalue weighted by molar-refractivity contribution is -0.0847. The molecule has 0 aromatic rings. The van der Waals surface area contributed by atoms with Crippen LogP contribution in [0.4, 0.5) is 0 Å². The third-order valence-electron chi connectivity index (χ3n) is 3.48. The Balaban J connectivity index is 2.52. The lowest BCUT2D eigenvalue weighted by Crippen LogP contribution is -2.48. The van der Waals surface area contributed by atoms with Crippen molar-refractivity contribution in [1.29, 1.82) is 0 Å². The molecule has 16 heavy (non-hydrogen) atoms. The van der Waals surface area contributed by atoms with Gasteiger partial charge >= 0.3 is 0 Å². The number of nitrogens with one attached hydrogen (secondary N) is 1. The highest BCUT2D eigenvalue weighted by molar-refractivity contribution is 4.91. The first-order valence-corrected chi connectivity index (χ1v) is 6.80. The SMILES string of the molecule is CCC(C)OC1(CNC(C)(C)C)CCCC1. The second-order valence-electron chi connectivity index (χ2n) is 6.33. The van der Waals surface area contributed by atoms with Gasteiger partial charge in [0, 0.05) is 12.1 Å². The topological polar surface area (TPSA) is 21.3 Å². The number of rotatable bonds is 5. The van der Waals surface area contributed by atoms with Gasteiger partial charge in [-0.2, -0.15) is 0 Å². The van der Waals surface area contributed by atoms with E-state index in [1.807, 2.05) is 0 Å². The normalized spacial score (nSPS) is 22.3. The summed E-state index contributed by atoms with van der Waals surface area (Å²) in [5.74, 6) is 0. The second-order valence-corrected chi connectivity index (χ2v) is 6.33. The van der Waals surface area contributed by atoms with Crippen LogP contribution in [0.15, 0.2) is 0 Å². The van der Waals surface area contributed by atoms with Crippen molar-refractivity contribution in [2.24, 2.45) is 0 Å². The van der Waals surface area contributed by atoms with Gasteiger partial charge in [0.2, 0.25) is 0 Å². The van der Waals surface area contributed by atoms with Crippen molar-refractivity contribution in [3.05, 3.63) is 0 Å². The van der Waals surface area contributed by atoms with E-state index in [2.05, 4.69) is 39.9 Å². The fraction of sp³-hybridized carbons (Fsp3) is 1.00. The Morgan fingerprint density at radius 1 is 1.25 bits per heavy atom. The van der Waals surface area contributed by atoms with Crippen LogP contribution in [-0.4, -0.2) is 23.8 Å². The lowest BCUT2D eigenvalue weighted by atomic mass is 9.99. The summed E-state index contributed by atoms with van der Waals surface area (Å²) >= 11 is 0. The van der Waals surface area contributed by atoms with Gasteiger partial charge in [-0.25, -0.2) is 0 Å². The minimum atomic E-state index is 0.114. The average Bonchev–Trinajstić information content (AvgIpc) is 2.63. The first kappa shape index (κ1) is 14.0. The number of ether oxygens (including phenoxy) is 1. The van der Waals surface area contributed by atoms with Gasteiger partial charge in [-0.15, -0.1) is 0 Å². The maximum absolute atomic E-state index is 6.28. The molecular weight excluding hydrogens is 198 g/mol. The van der Waals surface area contributed by atoms with Gasteiger partial charge in [0.1, 0.15) is 0 Å². The number of hydrogen-bond acceptors (Lipinski definition) is 2. The molecule has 2 heteroatoms. The van der Waals surface area contributed by atoms with E-state index in [0.717, 1.165) is 13.0 Å². The van der Waals surface area contributed by atoms with E-state index in [4.69, 9.17) is 4.74 Å². The van der Waals surface area contributed by atoms with Crippen molar-refractivity contribution < 1.29 is 4.74 Å². The van der Waals surface area contributed by atoms with E-state index in [0.29, 0.717) is 6.10 Å². The van der Waals surface area contributed by atoms with Crippen molar-refractivity contribution in [2.75, 3.05) is 6.54 Å². The summed E-state index contributed by atoms with van der Waals surface area (Å²) in [6.07, 6.45) is 6.59. The molecule has 0 aromatic carbocycles. The first-order chi connectivity index (χ1) is 7.37. The summed E-state index contributed by atoms with van der Waals surface area (Å²) in [7, 11) is 0. The highest BCUT2D eigenvalue weighted by Gasteiger charge is 2.36. The molecule has 2 nitrogen and oxygen atoms in total. The van der Waals surface area contributed by atoms with Gasteiger partial charge in [0.05, 0.1) is 11.7 Å². The minimum absolute atomic E-state index is 0.114. The van der Waals surface area contributed by atoms with E-state index >= 15 is 0 Å². The van der Waals surface area contributed by atoms with Crippen LogP contribution in [-0.2, 0) is 4.74 Å². The van der Waals surface area contributed by atoms with Crippen LogP contribution in [0, 0.1) is 0 Å². The minimum Gasteiger partial charge on any atom is -0.371 e. The van der Waals surface area contributed by atoms with Crippen molar-refractivity contribution >= 4 is 0 Å². The van der Waals surface area contributed by atoms with Gasteiger partial charge in [-0.1, -0.05) is 19.8 Å². The van der Waals surface area contributed by atoms with Crippen molar-refractivity contribution in [2.45, 2.75) is 84.0 Å². The maximum atomic E-state index is 6.28. The Morgan fingerprint density at radius 2 is 1.81 bits per heavy atom. The Hall–Kier alpha value is -0.0800. The molecule has 0 radical (unpaired) electrons. The smallest absolute Gasteiger partial charge is 0.0810 e. The predicted octanol–water partition coefficient (Wildman–Crippen LogP) is 3.50. The molecule has 1 aliphatic carbocycles. The quantitative estimate of drug-likeness (QED) is 0.776.